The molecule has 2 N–H and O–H groups in total. The number of amides is 1. The number of ether oxygens (including phenoxy) is 1. The molecule has 0 spiro atoms. The minimum absolute atomic E-state index is 0.00579. The molecule has 1 amide bonds. The van der Waals surface area contributed by atoms with Gasteiger partial charge >= 0.3 is 0 Å². The SMILES string of the molecule is O=C(CSc1ccncc1)NCCOCCO. The Bertz CT molecular complexity index is 322. The fourth-order valence-corrected chi connectivity index (χ4v) is 1.78. The van der Waals surface area contributed by atoms with Crippen LogP contribution >= 0.6 is 11.8 Å². The van der Waals surface area contributed by atoms with E-state index < -0.39 is 0 Å². The average molecular weight is 256 g/mol. The Labute approximate surface area is 105 Å². The third-order valence-electron chi connectivity index (χ3n) is 1.82. The third kappa shape index (κ3) is 6.93. The second kappa shape index (κ2) is 8.98. The highest BCUT2D eigenvalue weighted by molar-refractivity contribution is 8.00. The van der Waals surface area contributed by atoms with Gasteiger partial charge in [0.2, 0.25) is 5.91 Å². The molecule has 0 fully saturated rings. The molecule has 0 aliphatic heterocycles. The molecule has 94 valence electrons. The fraction of sp³-hybridized carbons (Fsp3) is 0.455. The zero-order valence-electron chi connectivity index (χ0n) is 9.46. The number of aliphatic hydroxyl groups is 1. The molecule has 17 heavy (non-hydrogen) atoms. The summed E-state index contributed by atoms with van der Waals surface area (Å²) < 4.78 is 5.02. The van der Waals surface area contributed by atoms with Gasteiger partial charge in [-0.1, -0.05) is 0 Å². The van der Waals surface area contributed by atoms with Crippen molar-refractivity contribution in [3.8, 4) is 0 Å². The maximum absolute atomic E-state index is 11.4. The van der Waals surface area contributed by atoms with Crippen molar-refractivity contribution < 1.29 is 14.6 Å². The van der Waals surface area contributed by atoms with Crippen molar-refractivity contribution in [2.24, 2.45) is 0 Å². The maximum atomic E-state index is 11.4. The predicted molar refractivity (Wildman–Crippen MR) is 65.9 cm³/mol. The van der Waals surface area contributed by atoms with Gasteiger partial charge in [-0.15, -0.1) is 11.8 Å². The molecular weight excluding hydrogens is 240 g/mol. The van der Waals surface area contributed by atoms with Crippen LogP contribution in [0.3, 0.4) is 0 Å². The molecule has 1 aromatic rings. The lowest BCUT2D eigenvalue weighted by molar-refractivity contribution is -0.118. The number of carbonyl (C=O) groups is 1. The lowest BCUT2D eigenvalue weighted by Crippen LogP contribution is -2.29. The first-order valence-electron chi connectivity index (χ1n) is 5.31. The molecule has 0 aliphatic carbocycles. The first-order chi connectivity index (χ1) is 8.33. The summed E-state index contributed by atoms with van der Waals surface area (Å²) in [5.41, 5.74) is 0. The summed E-state index contributed by atoms with van der Waals surface area (Å²) in [7, 11) is 0. The highest BCUT2D eigenvalue weighted by Gasteiger charge is 2.01. The second-order valence-corrected chi connectivity index (χ2v) is 4.21. The lowest BCUT2D eigenvalue weighted by Gasteiger charge is -2.05. The van der Waals surface area contributed by atoms with Crippen LogP contribution in [-0.4, -0.2) is 48.1 Å². The van der Waals surface area contributed by atoms with Gasteiger partial charge in [0, 0.05) is 23.8 Å². The summed E-state index contributed by atoms with van der Waals surface area (Å²) in [6, 6.07) is 3.73. The number of hydrogen-bond donors (Lipinski definition) is 2. The summed E-state index contributed by atoms with van der Waals surface area (Å²) >= 11 is 1.46. The van der Waals surface area contributed by atoms with Crippen LogP contribution < -0.4 is 5.32 Å². The summed E-state index contributed by atoms with van der Waals surface area (Å²) in [5, 5.41) is 11.2. The van der Waals surface area contributed by atoms with Gasteiger partial charge in [0.15, 0.2) is 0 Å². The molecule has 1 rings (SSSR count). The van der Waals surface area contributed by atoms with E-state index >= 15 is 0 Å². The van der Waals surface area contributed by atoms with Crippen LogP contribution in [-0.2, 0) is 9.53 Å². The number of thioether (sulfide) groups is 1. The minimum atomic E-state index is -0.0283. The number of carbonyl (C=O) groups excluding carboxylic acids is 1. The van der Waals surface area contributed by atoms with Crippen molar-refractivity contribution in [2.45, 2.75) is 4.90 Å². The Morgan fingerprint density at radius 3 is 2.88 bits per heavy atom. The van der Waals surface area contributed by atoms with Gasteiger partial charge in [-0.05, 0) is 12.1 Å². The van der Waals surface area contributed by atoms with Crippen molar-refractivity contribution in [3.63, 3.8) is 0 Å². The number of hydrogen-bond acceptors (Lipinski definition) is 5. The zero-order valence-corrected chi connectivity index (χ0v) is 10.3. The van der Waals surface area contributed by atoms with Gasteiger partial charge in [0.1, 0.15) is 0 Å². The topological polar surface area (TPSA) is 71.5 Å². The van der Waals surface area contributed by atoms with Gasteiger partial charge < -0.3 is 15.2 Å². The number of rotatable bonds is 8. The molecule has 0 saturated carbocycles. The summed E-state index contributed by atoms with van der Waals surface area (Å²) in [6.45, 7) is 1.20. The third-order valence-corrected chi connectivity index (χ3v) is 2.84. The van der Waals surface area contributed by atoms with Crippen molar-refractivity contribution in [2.75, 3.05) is 32.1 Å². The zero-order chi connectivity index (χ0) is 12.3. The molecule has 0 atom stereocenters. The van der Waals surface area contributed by atoms with Gasteiger partial charge in [-0.25, -0.2) is 0 Å². The molecule has 6 heteroatoms. The molecular formula is C11H16N2O3S. The monoisotopic (exact) mass is 256 g/mol. The number of aliphatic hydroxyl groups excluding tert-OH is 1. The Hall–Kier alpha value is -1.11. The van der Waals surface area contributed by atoms with E-state index in [4.69, 9.17) is 9.84 Å². The van der Waals surface area contributed by atoms with E-state index in [1.54, 1.807) is 12.4 Å². The molecule has 0 unspecified atom stereocenters. The van der Waals surface area contributed by atoms with Crippen LogP contribution in [0, 0.1) is 0 Å². The van der Waals surface area contributed by atoms with E-state index in [9.17, 15) is 4.79 Å². The number of nitrogens with zero attached hydrogens (tertiary/aromatic N) is 1. The van der Waals surface area contributed by atoms with Crippen LogP contribution in [0.25, 0.3) is 0 Å². The maximum Gasteiger partial charge on any atom is 0.230 e. The molecule has 5 nitrogen and oxygen atoms in total. The standard InChI is InChI=1S/C11H16N2O3S/c14-6-8-16-7-5-13-11(15)9-17-10-1-3-12-4-2-10/h1-4,14H,5-9H2,(H,13,15). The summed E-state index contributed by atoms with van der Waals surface area (Å²) in [4.78, 5) is 16.3. The van der Waals surface area contributed by atoms with E-state index in [0.717, 1.165) is 4.90 Å². The quantitative estimate of drug-likeness (QED) is 0.517. The Morgan fingerprint density at radius 2 is 2.18 bits per heavy atom. The number of aromatic nitrogens is 1. The van der Waals surface area contributed by atoms with Crippen molar-refractivity contribution in [3.05, 3.63) is 24.5 Å². The summed E-state index contributed by atoms with van der Waals surface area (Å²) in [6.07, 6.45) is 3.39. The van der Waals surface area contributed by atoms with Crippen LogP contribution in [0.15, 0.2) is 29.4 Å². The first-order valence-corrected chi connectivity index (χ1v) is 6.29. The molecule has 0 saturated heterocycles. The number of pyridine rings is 1. The predicted octanol–water partition coefficient (Wildman–Crippen LogP) is 0.299. The van der Waals surface area contributed by atoms with Crippen molar-refractivity contribution in [1.29, 1.82) is 0 Å². The van der Waals surface area contributed by atoms with Gasteiger partial charge in [0.05, 0.1) is 25.6 Å². The average Bonchev–Trinajstić information content (AvgIpc) is 2.37. The van der Waals surface area contributed by atoms with E-state index in [0.29, 0.717) is 25.5 Å². The Balaban J connectivity index is 2.05. The molecule has 1 aromatic heterocycles. The smallest absolute Gasteiger partial charge is 0.230 e. The molecule has 0 bridgehead atoms. The molecule has 0 radical (unpaired) electrons. The first kappa shape index (κ1) is 14.0. The van der Waals surface area contributed by atoms with Crippen LogP contribution in [0.5, 0.6) is 0 Å². The van der Waals surface area contributed by atoms with E-state index in [1.165, 1.54) is 11.8 Å². The van der Waals surface area contributed by atoms with E-state index in [1.807, 2.05) is 12.1 Å². The molecule has 0 aromatic carbocycles. The van der Waals surface area contributed by atoms with E-state index in [2.05, 4.69) is 10.3 Å². The van der Waals surface area contributed by atoms with Crippen LogP contribution in [0.2, 0.25) is 0 Å². The van der Waals surface area contributed by atoms with Crippen LogP contribution in [0.1, 0.15) is 0 Å². The highest BCUT2D eigenvalue weighted by atomic mass is 32.2. The second-order valence-electron chi connectivity index (χ2n) is 3.16. The number of nitrogens with one attached hydrogen (secondary N) is 1. The highest BCUT2D eigenvalue weighted by Crippen LogP contribution is 2.15. The normalized spacial score (nSPS) is 10.2. The van der Waals surface area contributed by atoms with Crippen molar-refractivity contribution in [1.82, 2.24) is 10.3 Å². The molecule has 1 heterocycles. The Kier molecular flexibility index (Phi) is 7.37. The van der Waals surface area contributed by atoms with Crippen LogP contribution in [0.4, 0.5) is 0 Å². The molecule has 0 aliphatic rings. The largest absolute Gasteiger partial charge is 0.394 e. The Morgan fingerprint density at radius 1 is 1.41 bits per heavy atom. The van der Waals surface area contributed by atoms with E-state index in [-0.39, 0.29) is 12.5 Å². The summed E-state index contributed by atoms with van der Waals surface area (Å²) in [5.74, 6) is 0.351. The lowest BCUT2D eigenvalue weighted by atomic mass is 10.5. The minimum Gasteiger partial charge on any atom is -0.394 e. The fourth-order valence-electron chi connectivity index (χ4n) is 1.06. The van der Waals surface area contributed by atoms with Crippen molar-refractivity contribution >= 4 is 17.7 Å². The van der Waals surface area contributed by atoms with Gasteiger partial charge in [-0.3, -0.25) is 9.78 Å². The van der Waals surface area contributed by atoms with Gasteiger partial charge in [0.25, 0.3) is 0 Å². The van der Waals surface area contributed by atoms with Gasteiger partial charge in [-0.2, -0.15) is 0 Å².